The molecule has 0 aliphatic heterocycles. The standard InChI is InChI=1S/C32H34O8/c1-23(2)31(33)38-19-17-36-28-11-9-27(10-12-28)26-7-5-25(6-8-26)21-35-22-40-30-15-13-29(14-16-30)37-18-20-39-32(34)24(3)4/h5-16H,1,3,17-22H2,2,4H3. The summed E-state index contributed by atoms with van der Waals surface area (Å²) >= 11 is 0. The minimum atomic E-state index is -0.432. The van der Waals surface area contributed by atoms with Crippen LogP contribution in [0.4, 0.5) is 0 Å². The van der Waals surface area contributed by atoms with Crippen molar-refractivity contribution < 1.29 is 38.0 Å². The maximum Gasteiger partial charge on any atom is 0.333 e. The van der Waals surface area contributed by atoms with E-state index in [4.69, 9.17) is 28.4 Å². The molecule has 0 saturated heterocycles. The fourth-order valence-electron chi connectivity index (χ4n) is 3.27. The first-order valence-electron chi connectivity index (χ1n) is 12.7. The summed E-state index contributed by atoms with van der Waals surface area (Å²) < 4.78 is 32.4. The third kappa shape index (κ3) is 10.3. The molecule has 0 bridgehead atoms. The lowest BCUT2D eigenvalue weighted by Gasteiger charge is -2.10. The van der Waals surface area contributed by atoms with Crippen LogP contribution in [0.25, 0.3) is 11.1 Å². The molecule has 0 amide bonds. The van der Waals surface area contributed by atoms with E-state index in [9.17, 15) is 9.59 Å². The molecule has 0 saturated carbocycles. The molecule has 0 fully saturated rings. The topological polar surface area (TPSA) is 89.5 Å². The molecular weight excluding hydrogens is 512 g/mol. The Labute approximate surface area is 234 Å². The maximum absolute atomic E-state index is 11.4. The van der Waals surface area contributed by atoms with Gasteiger partial charge in [0.15, 0.2) is 6.79 Å². The Kier molecular flexibility index (Phi) is 11.8. The van der Waals surface area contributed by atoms with Crippen LogP contribution < -0.4 is 14.2 Å². The van der Waals surface area contributed by atoms with Gasteiger partial charge >= 0.3 is 11.9 Å². The van der Waals surface area contributed by atoms with E-state index in [1.165, 1.54) is 0 Å². The maximum atomic E-state index is 11.4. The van der Waals surface area contributed by atoms with Gasteiger partial charge in [-0.25, -0.2) is 9.59 Å². The second kappa shape index (κ2) is 15.8. The Balaban J connectivity index is 1.33. The molecule has 8 heteroatoms. The summed E-state index contributed by atoms with van der Waals surface area (Å²) in [6, 6.07) is 22.9. The monoisotopic (exact) mass is 546 g/mol. The van der Waals surface area contributed by atoms with Gasteiger partial charge < -0.3 is 28.4 Å². The molecule has 0 aromatic heterocycles. The van der Waals surface area contributed by atoms with E-state index in [0.717, 1.165) is 16.7 Å². The molecular formula is C32H34O8. The van der Waals surface area contributed by atoms with E-state index in [-0.39, 0.29) is 33.2 Å². The quantitative estimate of drug-likeness (QED) is 0.0949. The number of ether oxygens (including phenoxy) is 6. The highest BCUT2D eigenvalue weighted by atomic mass is 16.7. The van der Waals surface area contributed by atoms with Crippen LogP contribution >= 0.6 is 0 Å². The number of carbonyl (C=O) groups excluding carboxylic acids is 2. The number of carbonyl (C=O) groups is 2. The SMILES string of the molecule is C=C(C)C(=O)OCCOc1ccc(OCOCc2ccc(-c3ccc(OCCOC(=O)C(=C)C)cc3)cc2)cc1. The van der Waals surface area contributed by atoms with Crippen molar-refractivity contribution in [3.63, 3.8) is 0 Å². The van der Waals surface area contributed by atoms with Gasteiger partial charge in [0.1, 0.15) is 43.7 Å². The first-order chi connectivity index (χ1) is 19.3. The lowest BCUT2D eigenvalue weighted by Crippen LogP contribution is -2.12. The largest absolute Gasteiger partial charge is 0.490 e. The molecule has 0 aliphatic rings. The van der Waals surface area contributed by atoms with E-state index in [1.54, 1.807) is 38.1 Å². The summed E-state index contributed by atoms with van der Waals surface area (Å²) in [5.74, 6) is 1.14. The van der Waals surface area contributed by atoms with Crippen LogP contribution in [0, 0.1) is 0 Å². The lowest BCUT2D eigenvalue weighted by molar-refractivity contribution is -0.140. The number of hydrogen-bond acceptors (Lipinski definition) is 8. The van der Waals surface area contributed by atoms with Gasteiger partial charge in [0.25, 0.3) is 0 Å². The van der Waals surface area contributed by atoms with Gasteiger partial charge in [-0.05, 0) is 66.9 Å². The van der Waals surface area contributed by atoms with Crippen LogP contribution in [-0.2, 0) is 30.4 Å². The van der Waals surface area contributed by atoms with Crippen LogP contribution in [0.1, 0.15) is 19.4 Å². The van der Waals surface area contributed by atoms with Crippen LogP contribution in [0.3, 0.4) is 0 Å². The Morgan fingerprint density at radius 2 is 0.975 bits per heavy atom. The Bertz CT molecular complexity index is 1260. The van der Waals surface area contributed by atoms with E-state index < -0.39 is 11.9 Å². The summed E-state index contributed by atoms with van der Waals surface area (Å²) in [6.45, 7) is 11.6. The van der Waals surface area contributed by atoms with Gasteiger partial charge in [0, 0.05) is 11.1 Å². The summed E-state index contributed by atoms with van der Waals surface area (Å²) in [7, 11) is 0. The highest BCUT2D eigenvalue weighted by molar-refractivity contribution is 5.87. The third-order valence-corrected chi connectivity index (χ3v) is 5.41. The zero-order chi connectivity index (χ0) is 28.7. The summed E-state index contributed by atoms with van der Waals surface area (Å²) in [5.41, 5.74) is 3.86. The van der Waals surface area contributed by atoms with Crippen molar-refractivity contribution in [3.05, 3.63) is 103 Å². The molecule has 3 aromatic carbocycles. The second-order valence-electron chi connectivity index (χ2n) is 8.83. The molecule has 0 heterocycles. The van der Waals surface area contributed by atoms with Gasteiger partial charge in [0.05, 0.1) is 6.61 Å². The van der Waals surface area contributed by atoms with E-state index >= 15 is 0 Å². The minimum Gasteiger partial charge on any atom is -0.490 e. The lowest BCUT2D eigenvalue weighted by atomic mass is 10.0. The summed E-state index contributed by atoms with van der Waals surface area (Å²) in [6.07, 6.45) is 0. The number of benzene rings is 3. The smallest absolute Gasteiger partial charge is 0.333 e. The molecule has 210 valence electrons. The minimum absolute atomic E-state index is 0.104. The molecule has 0 radical (unpaired) electrons. The molecule has 0 aliphatic carbocycles. The van der Waals surface area contributed by atoms with E-state index in [2.05, 4.69) is 13.2 Å². The van der Waals surface area contributed by atoms with Crippen molar-refractivity contribution in [3.8, 4) is 28.4 Å². The summed E-state index contributed by atoms with van der Waals surface area (Å²) in [5, 5.41) is 0. The molecule has 40 heavy (non-hydrogen) atoms. The van der Waals surface area contributed by atoms with Crippen molar-refractivity contribution in [2.45, 2.75) is 20.5 Å². The van der Waals surface area contributed by atoms with Crippen LogP contribution in [0.5, 0.6) is 17.2 Å². The van der Waals surface area contributed by atoms with Gasteiger partial charge in [-0.3, -0.25) is 0 Å². The zero-order valence-electron chi connectivity index (χ0n) is 22.9. The van der Waals surface area contributed by atoms with Crippen molar-refractivity contribution in [1.82, 2.24) is 0 Å². The Hall–Kier alpha value is -4.56. The average molecular weight is 547 g/mol. The Morgan fingerprint density at radius 1 is 0.575 bits per heavy atom. The van der Waals surface area contributed by atoms with Gasteiger partial charge in [0.2, 0.25) is 0 Å². The van der Waals surface area contributed by atoms with E-state index in [1.807, 2.05) is 48.5 Å². The van der Waals surface area contributed by atoms with Gasteiger partial charge in [-0.15, -0.1) is 0 Å². The van der Waals surface area contributed by atoms with Crippen LogP contribution in [0.2, 0.25) is 0 Å². The molecule has 0 atom stereocenters. The molecule has 0 N–H and O–H groups in total. The predicted octanol–water partition coefficient (Wildman–Crippen LogP) is 5.90. The highest BCUT2D eigenvalue weighted by Gasteiger charge is 2.05. The first kappa shape index (κ1) is 30.0. The van der Waals surface area contributed by atoms with Gasteiger partial charge in [-0.1, -0.05) is 49.6 Å². The van der Waals surface area contributed by atoms with Crippen LogP contribution in [0.15, 0.2) is 97.1 Å². The molecule has 0 unspecified atom stereocenters. The first-order valence-corrected chi connectivity index (χ1v) is 12.7. The van der Waals surface area contributed by atoms with Gasteiger partial charge in [-0.2, -0.15) is 0 Å². The molecule has 0 spiro atoms. The molecule has 3 aromatic rings. The third-order valence-electron chi connectivity index (χ3n) is 5.41. The molecule has 8 nitrogen and oxygen atoms in total. The van der Waals surface area contributed by atoms with Crippen LogP contribution in [-0.4, -0.2) is 45.2 Å². The second-order valence-corrected chi connectivity index (χ2v) is 8.83. The summed E-state index contributed by atoms with van der Waals surface area (Å²) in [4.78, 5) is 22.7. The average Bonchev–Trinajstić information content (AvgIpc) is 2.96. The fourth-order valence-corrected chi connectivity index (χ4v) is 3.27. The highest BCUT2D eigenvalue weighted by Crippen LogP contribution is 2.23. The number of hydrogen-bond donors (Lipinski definition) is 0. The predicted molar refractivity (Wildman–Crippen MR) is 151 cm³/mol. The van der Waals surface area contributed by atoms with Crippen molar-refractivity contribution in [2.24, 2.45) is 0 Å². The van der Waals surface area contributed by atoms with E-state index in [0.29, 0.717) is 35.0 Å². The fraction of sp³-hybridized carbons (Fsp3) is 0.250. The van der Waals surface area contributed by atoms with Crippen molar-refractivity contribution in [2.75, 3.05) is 33.2 Å². The number of rotatable bonds is 16. The zero-order valence-corrected chi connectivity index (χ0v) is 22.9. The van der Waals surface area contributed by atoms with Crippen molar-refractivity contribution >= 4 is 11.9 Å². The Morgan fingerprint density at radius 3 is 1.43 bits per heavy atom. The normalized spacial score (nSPS) is 10.3. The molecule has 3 rings (SSSR count). The number of esters is 2. The van der Waals surface area contributed by atoms with Crippen molar-refractivity contribution in [1.29, 1.82) is 0 Å².